The summed E-state index contributed by atoms with van der Waals surface area (Å²) in [6, 6.07) is 20.7. The molecule has 0 fully saturated rings. The molecule has 0 saturated carbocycles. The Labute approximate surface area is 253 Å². The number of carbonyl (C=O) groups excluding carboxylic acids is 1. The molecule has 0 bridgehead atoms. The first-order valence-corrected chi connectivity index (χ1v) is 12.9. The fourth-order valence-electron chi connectivity index (χ4n) is 4.01. The first kappa shape index (κ1) is 31.7. The number of benzene rings is 4. The molecular formula is C31H24N2O12. The molecule has 4 aromatic rings. The highest BCUT2D eigenvalue weighted by molar-refractivity contribution is 6.04. The van der Waals surface area contributed by atoms with Crippen LogP contribution < -0.4 is 11.0 Å². The first-order chi connectivity index (χ1) is 21.5. The van der Waals surface area contributed by atoms with E-state index in [1.54, 1.807) is 36.4 Å². The first-order valence-electron chi connectivity index (χ1n) is 12.9. The third-order valence-electron chi connectivity index (χ3n) is 6.31. The van der Waals surface area contributed by atoms with Crippen LogP contribution in [0, 0.1) is 0 Å². The Kier molecular flexibility index (Phi) is 10.1. The van der Waals surface area contributed by atoms with E-state index in [0.717, 1.165) is 35.4 Å². The van der Waals surface area contributed by atoms with E-state index in [2.05, 4.69) is 11.0 Å². The van der Waals surface area contributed by atoms with Gasteiger partial charge in [-0.2, -0.15) is 0 Å². The maximum atomic E-state index is 12.4. The minimum absolute atomic E-state index is 0.162. The molecule has 0 aliphatic carbocycles. The van der Waals surface area contributed by atoms with Crippen molar-refractivity contribution in [2.75, 3.05) is 11.0 Å². The van der Waals surface area contributed by atoms with Crippen molar-refractivity contribution < 1.29 is 59.1 Å². The van der Waals surface area contributed by atoms with Crippen molar-refractivity contribution in [1.82, 2.24) is 0 Å². The minimum atomic E-state index is -1.47. The van der Waals surface area contributed by atoms with Crippen molar-refractivity contribution >= 4 is 41.2 Å². The zero-order valence-corrected chi connectivity index (χ0v) is 23.1. The van der Waals surface area contributed by atoms with Gasteiger partial charge in [0, 0.05) is 0 Å². The second kappa shape index (κ2) is 14.3. The molecule has 230 valence electrons. The Morgan fingerprint density at radius 2 is 1.07 bits per heavy atom. The van der Waals surface area contributed by atoms with Crippen LogP contribution in [0.3, 0.4) is 0 Å². The maximum Gasteiger partial charge on any atom is 0.363 e. The minimum Gasteiger partial charge on any atom is -0.478 e. The Hall–Kier alpha value is -6.25. The summed E-state index contributed by atoms with van der Waals surface area (Å²) in [4.78, 5) is 72.5. The third-order valence-corrected chi connectivity index (χ3v) is 6.31. The molecule has 14 heteroatoms. The summed E-state index contributed by atoms with van der Waals surface area (Å²) in [7, 11) is 0. The topological polar surface area (TPSA) is 218 Å². The summed E-state index contributed by atoms with van der Waals surface area (Å²) < 4.78 is 0. The lowest BCUT2D eigenvalue weighted by Crippen LogP contribution is -2.16. The number of carbonyl (C=O) groups is 5. The fraction of sp³-hybridized carbons (Fsp3) is 0.0645. The van der Waals surface area contributed by atoms with E-state index in [4.69, 9.17) is 24.9 Å². The van der Waals surface area contributed by atoms with Gasteiger partial charge in [0.25, 0.3) is 0 Å². The van der Waals surface area contributed by atoms with E-state index in [9.17, 15) is 34.2 Å². The number of carboxylic acid groups (broad SMARTS) is 4. The highest BCUT2D eigenvalue weighted by atomic mass is 17.3. The van der Waals surface area contributed by atoms with E-state index in [1.807, 2.05) is 12.1 Å². The van der Waals surface area contributed by atoms with Crippen molar-refractivity contribution in [2.24, 2.45) is 0 Å². The van der Waals surface area contributed by atoms with E-state index in [1.165, 1.54) is 12.1 Å². The van der Waals surface area contributed by atoms with Crippen LogP contribution in [-0.2, 0) is 27.7 Å². The van der Waals surface area contributed by atoms with Gasteiger partial charge >= 0.3 is 29.8 Å². The highest BCUT2D eigenvalue weighted by Crippen LogP contribution is 2.19. The lowest BCUT2D eigenvalue weighted by atomic mass is 10.0. The molecule has 0 unspecified atom stereocenters. The zero-order valence-electron chi connectivity index (χ0n) is 23.1. The molecule has 0 saturated heterocycles. The van der Waals surface area contributed by atoms with E-state index < -0.39 is 35.4 Å². The molecule has 0 atom stereocenters. The van der Waals surface area contributed by atoms with Gasteiger partial charge < -0.3 is 25.3 Å². The van der Waals surface area contributed by atoms with Gasteiger partial charge in [-0.1, -0.05) is 30.3 Å². The second-order valence-electron chi connectivity index (χ2n) is 9.36. The van der Waals surface area contributed by atoms with E-state index >= 15 is 0 Å². The highest BCUT2D eigenvalue weighted by Gasteiger charge is 2.20. The van der Waals surface area contributed by atoms with Crippen LogP contribution in [0.2, 0.25) is 0 Å². The SMILES string of the molecule is O=C(O)c1ccc(COONc2ccc(Cc3ccc(NOC(=O)c4ccc(C(=O)O)cc4C(=O)O)cc3)cc2)c(C(=O)O)c1. The molecule has 0 amide bonds. The van der Waals surface area contributed by atoms with Crippen molar-refractivity contribution in [3.63, 3.8) is 0 Å². The van der Waals surface area contributed by atoms with Gasteiger partial charge in [0.15, 0.2) is 0 Å². The van der Waals surface area contributed by atoms with Crippen molar-refractivity contribution in [1.29, 1.82) is 0 Å². The molecule has 14 nitrogen and oxygen atoms in total. The number of aromatic carboxylic acids is 4. The Morgan fingerprint density at radius 3 is 1.60 bits per heavy atom. The van der Waals surface area contributed by atoms with Crippen molar-refractivity contribution in [2.45, 2.75) is 13.0 Å². The van der Waals surface area contributed by atoms with Gasteiger partial charge in [-0.25, -0.2) is 39.8 Å². The van der Waals surface area contributed by atoms with Crippen LogP contribution in [0.25, 0.3) is 0 Å². The van der Waals surface area contributed by atoms with Gasteiger partial charge in [-0.3, -0.25) is 0 Å². The van der Waals surface area contributed by atoms with Gasteiger partial charge in [-0.05, 0) is 77.7 Å². The molecule has 6 N–H and O–H groups in total. The van der Waals surface area contributed by atoms with Crippen LogP contribution in [0.4, 0.5) is 11.4 Å². The van der Waals surface area contributed by atoms with E-state index in [-0.39, 0.29) is 34.4 Å². The van der Waals surface area contributed by atoms with Gasteiger partial charge in [0.05, 0.1) is 39.2 Å². The predicted octanol–water partition coefficient (Wildman–Crippen LogP) is 4.73. The largest absolute Gasteiger partial charge is 0.478 e. The van der Waals surface area contributed by atoms with Gasteiger partial charge in [-0.15, -0.1) is 4.99 Å². The molecule has 0 aromatic heterocycles. The van der Waals surface area contributed by atoms with Crippen LogP contribution in [0.5, 0.6) is 0 Å². The van der Waals surface area contributed by atoms with Crippen LogP contribution in [0.1, 0.15) is 68.5 Å². The summed E-state index contributed by atoms with van der Waals surface area (Å²) in [5.74, 6) is -6.36. The number of nitrogens with one attached hydrogen (secondary N) is 2. The number of rotatable bonds is 14. The monoisotopic (exact) mass is 616 g/mol. The molecule has 0 spiro atoms. The Bertz CT molecular complexity index is 1750. The molecule has 4 rings (SSSR count). The normalized spacial score (nSPS) is 10.5. The average molecular weight is 617 g/mol. The number of hydrogen-bond donors (Lipinski definition) is 6. The second-order valence-corrected chi connectivity index (χ2v) is 9.36. The summed E-state index contributed by atoms with van der Waals surface area (Å²) in [6.07, 6.45) is 0.555. The summed E-state index contributed by atoms with van der Waals surface area (Å²) >= 11 is 0. The predicted molar refractivity (Wildman–Crippen MR) is 155 cm³/mol. The van der Waals surface area contributed by atoms with Crippen LogP contribution >= 0.6 is 0 Å². The van der Waals surface area contributed by atoms with Gasteiger partial charge in [0.2, 0.25) is 0 Å². The molecule has 0 radical (unpaired) electrons. The summed E-state index contributed by atoms with van der Waals surface area (Å²) in [6.45, 7) is -0.250. The van der Waals surface area contributed by atoms with Gasteiger partial charge in [0.1, 0.15) is 6.61 Å². The average Bonchev–Trinajstić information content (AvgIpc) is 3.02. The molecule has 4 aromatic carbocycles. The third kappa shape index (κ3) is 8.41. The molecule has 0 aliphatic rings. The molecule has 0 aliphatic heterocycles. The number of hydrogen-bond acceptors (Lipinski definition) is 10. The lowest BCUT2D eigenvalue weighted by Gasteiger charge is -2.10. The van der Waals surface area contributed by atoms with Crippen molar-refractivity contribution in [3.05, 3.63) is 129 Å². The number of carboxylic acids is 4. The molecular weight excluding hydrogens is 592 g/mol. The Morgan fingerprint density at radius 1 is 0.556 bits per heavy atom. The Balaban J connectivity index is 1.25. The summed E-state index contributed by atoms with van der Waals surface area (Å²) in [5, 5.41) is 36.7. The molecule has 0 heterocycles. The fourth-order valence-corrected chi connectivity index (χ4v) is 4.01. The van der Waals surface area contributed by atoms with Crippen molar-refractivity contribution in [3.8, 4) is 0 Å². The van der Waals surface area contributed by atoms with E-state index in [0.29, 0.717) is 17.8 Å². The smallest absolute Gasteiger partial charge is 0.363 e. The summed E-state index contributed by atoms with van der Waals surface area (Å²) in [5.41, 5.74) is 6.60. The van der Waals surface area contributed by atoms with Crippen LogP contribution in [-0.4, -0.2) is 50.3 Å². The van der Waals surface area contributed by atoms with Crippen LogP contribution in [0.15, 0.2) is 84.9 Å². The maximum absolute atomic E-state index is 12.4. The lowest BCUT2D eigenvalue weighted by molar-refractivity contribution is -0.282. The zero-order chi connectivity index (χ0) is 32.5. The quantitative estimate of drug-likeness (QED) is 0.0641. The number of anilines is 2. The standard InChI is InChI=1S/C31H24N2O12/c34-27(35)19-5-6-21(25(14-19)29(38)39)16-43-45-33-23-10-3-18(4-11-23)13-17-1-8-22(9-2-17)32-44-31(42)24-12-7-20(28(36)37)15-26(24)30(40)41/h1-12,14-15,32-33H,13,16H2,(H,34,35)(H,36,37)(H,38,39)(H,40,41). The molecule has 45 heavy (non-hydrogen) atoms.